The van der Waals surface area contributed by atoms with Gasteiger partial charge in [-0.05, 0) is 29.6 Å². The Kier molecular flexibility index (Phi) is 8.23. The van der Waals surface area contributed by atoms with Crippen molar-refractivity contribution in [3.05, 3.63) is 35.9 Å². The smallest absolute Gasteiger partial charge is 0.449 e. The molecule has 1 aliphatic heterocycles. The molecule has 0 spiro atoms. The van der Waals surface area contributed by atoms with Crippen molar-refractivity contribution in [3.63, 3.8) is 0 Å². The third kappa shape index (κ3) is 3.69. The number of ether oxygens (including phenoxy) is 2. The van der Waals surface area contributed by atoms with Crippen LogP contribution >= 0.6 is 14.7 Å². The molecule has 1 saturated heterocycles. The van der Waals surface area contributed by atoms with Crippen molar-refractivity contribution in [1.82, 2.24) is 4.31 Å². The van der Waals surface area contributed by atoms with Gasteiger partial charge in [0, 0.05) is 13.2 Å². The lowest BCUT2D eigenvalue weighted by molar-refractivity contribution is -0.227. The van der Waals surface area contributed by atoms with Gasteiger partial charge in [-0.25, -0.2) is 4.79 Å². The minimum absolute atomic E-state index is 0.0454. The van der Waals surface area contributed by atoms with E-state index in [0.717, 1.165) is 5.56 Å². The van der Waals surface area contributed by atoms with Gasteiger partial charge in [0.15, 0.2) is 23.6 Å². The van der Waals surface area contributed by atoms with E-state index >= 15 is 0 Å². The van der Waals surface area contributed by atoms with Crippen LogP contribution in [0.15, 0.2) is 30.3 Å². The SMILES string of the molecule is CCOC1(OCC)C(=O)[S+]([O-])N(CC(C)c2ccccc2)C1([PH+]=S)[PH+]=S. The highest BCUT2D eigenvalue weighted by Gasteiger charge is 2.86. The van der Waals surface area contributed by atoms with Crippen molar-refractivity contribution in [2.75, 3.05) is 19.8 Å². The fourth-order valence-electron chi connectivity index (χ4n) is 3.02. The summed E-state index contributed by atoms with van der Waals surface area (Å²) < 4.78 is 26.3. The van der Waals surface area contributed by atoms with Crippen LogP contribution in [0, 0.1) is 0 Å². The van der Waals surface area contributed by atoms with E-state index in [1.54, 1.807) is 18.2 Å². The molecule has 0 N–H and O–H groups in total. The first-order valence-electron chi connectivity index (χ1n) is 8.29. The van der Waals surface area contributed by atoms with Crippen molar-refractivity contribution in [1.29, 1.82) is 0 Å². The first-order valence-corrected chi connectivity index (χ1v) is 13.7. The molecule has 0 aromatic heterocycles. The first kappa shape index (κ1) is 22.4. The summed E-state index contributed by atoms with van der Waals surface area (Å²) in [6.07, 6.45) is 0. The molecule has 142 valence electrons. The van der Waals surface area contributed by atoms with Crippen LogP contribution in [-0.4, -0.2) is 44.5 Å². The molecule has 1 aromatic carbocycles. The second-order valence-corrected chi connectivity index (χ2v) is 10.7. The van der Waals surface area contributed by atoms with E-state index in [9.17, 15) is 9.35 Å². The minimum Gasteiger partial charge on any atom is -0.590 e. The molecule has 1 fully saturated rings. The van der Waals surface area contributed by atoms with Crippen molar-refractivity contribution >= 4 is 54.8 Å². The highest BCUT2D eigenvalue weighted by atomic mass is 32.4. The topological polar surface area (TPSA) is 61.8 Å². The van der Waals surface area contributed by atoms with Crippen LogP contribution < -0.4 is 0 Å². The lowest BCUT2D eigenvalue weighted by atomic mass is 10.0. The molecule has 26 heavy (non-hydrogen) atoms. The van der Waals surface area contributed by atoms with E-state index in [1.807, 2.05) is 37.3 Å². The molecule has 0 radical (unpaired) electrons. The summed E-state index contributed by atoms with van der Waals surface area (Å²) in [5, 5.41) is -1.65. The highest BCUT2D eigenvalue weighted by Crippen LogP contribution is 2.57. The van der Waals surface area contributed by atoms with Gasteiger partial charge in [-0.1, -0.05) is 37.3 Å². The van der Waals surface area contributed by atoms with Crippen LogP contribution in [-0.2, 0) is 49.2 Å². The van der Waals surface area contributed by atoms with Gasteiger partial charge in [0.05, 0.1) is 6.54 Å². The number of nitrogens with zero attached hydrogens (tertiary/aromatic N) is 1. The molecule has 0 amide bonds. The minimum atomic E-state index is -1.92. The number of hydrogen-bond donors (Lipinski definition) is 0. The van der Waals surface area contributed by atoms with Crippen LogP contribution in [0.1, 0.15) is 32.3 Å². The molecule has 4 unspecified atom stereocenters. The maximum absolute atomic E-state index is 13.0. The van der Waals surface area contributed by atoms with Gasteiger partial charge in [-0.3, -0.25) is 0 Å². The van der Waals surface area contributed by atoms with Gasteiger partial charge in [-0.2, -0.15) is 0 Å². The van der Waals surface area contributed by atoms with Gasteiger partial charge in [0.1, 0.15) is 11.4 Å². The highest BCUT2D eigenvalue weighted by molar-refractivity contribution is 8.09. The molecular formula is C16H23NO4P2S3+2. The Hall–Kier alpha value is 0.120. The molecule has 0 bridgehead atoms. The number of benzene rings is 1. The van der Waals surface area contributed by atoms with Crippen LogP contribution in [0.25, 0.3) is 0 Å². The normalized spacial score (nSPS) is 27.2. The molecule has 2 rings (SSSR count). The van der Waals surface area contributed by atoms with Gasteiger partial charge in [0.25, 0.3) is 0 Å². The van der Waals surface area contributed by atoms with Gasteiger partial charge in [0.2, 0.25) is 14.7 Å². The summed E-state index contributed by atoms with van der Waals surface area (Å²) in [7, 11) is -0.368. The van der Waals surface area contributed by atoms with Gasteiger partial charge in [-0.15, -0.1) is 0 Å². The van der Waals surface area contributed by atoms with Crippen LogP contribution in [0.4, 0.5) is 0 Å². The summed E-state index contributed by atoms with van der Waals surface area (Å²) in [5.41, 5.74) is 1.09. The zero-order valence-electron chi connectivity index (χ0n) is 14.9. The van der Waals surface area contributed by atoms with E-state index in [0.29, 0.717) is 6.54 Å². The van der Waals surface area contributed by atoms with E-state index in [-0.39, 0.29) is 33.8 Å². The van der Waals surface area contributed by atoms with Gasteiger partial charge >= 0.3 is 15.9 Å². The maximum Gasteiger partial charge on any atom is 0.449 e. The molecular weight excluding hydrogens is 428 g/mol. The zero-order chi connectivity index (χ0) is 19.4. The fourth-order valence-corrected chi connectivity index (χ4v) is 10.1. The van der Waals surface area contributed by atoms with Crippen molar-refractivity contribution in [2.45, 2.75) is 37.5 Å². The van der Waals surface area contributed by atoms with Crippen LogP contribution in [0.5, 0.6) is 0 Å². The third-order valence-corrected chi connectivity index (χ3v) is 11.4. The lowest BCUT2D eigenvalue weighted by Crippen LogP contribution is -2.56. The molecule has 10 heteroatoms. The molecule has 4 atom stereocenters. The molecule has 1 aliphatic rings. The number of carbonyl (C=O) groups excluding carboxylic acids is 1. The standard InChI is InChI=1S/C16H21NO4P2S3/c1-4-20-15(21-5-2)14(18)26(19)17(16(15,22-24)23-25)11-12(3)13-9-7-6-8-10-13/h6-10,12H,4-5,11H2,1-3H3/p+2. The average molecular weight is 452 g/mol. The first-order chi connectivity index (χ1) is 12.4. The second-order valence-electron chi connectivity index (χ2n) is 5.81. The monoisotopic (exact) mass is 451 g/mol. The molecule has 1 aromatic rings. The van der Waals surface area contributed by atoms with Gasteiger partial charge < -0.3 is 14.0 Å². The largest absolute Gasteiger partial charge is 0.590 e. The van der Waals surface area contributed by atoms with Crippen molar-refractivity contribution in [3.8, 4) is 0 Å². The summed E-state index contributed by atoms with van der Waals surface area (Å²) >= 11 is 8.95. The quantitative estimate of drug-likeness (QED) is 0.325. The Labute approximate surface area is 170 Å². The van der Waals surface area contributed by atoms with E-state index in [1.165, 1.54) is 0 Å². The Bertz CT molecular complexity index is 650. The van der Waals surface area contributed by atoms with E-state index < -0.39 is 27.3 Å². The average Bonchev–Trinajstić information content (AvgIpc) is 2.82. The Balaban J connectivity index is 2.49. The molecule has 0 saturated carbocycles. The van der Waals surface area contributed by atoms with E-state index in [2.05, 4.69) is 0 Å². The third-order valence-electron chi connectivity index (χ3n) is 4.28. The number of rotatable bonds is 9. The van der Waals surface area contributed by atoms with Crippen LogP contribution in [0.2, 0.25) is 0 Å². The fraction of sp³-hybridized carbons (Fsp3) is 0.562. The lowest BCUT2D eigenvalue weighted by Gasteiger charge is -2.27. The van der Waals surface area contributed by atoms with E-state index in [4.69, 9.17) is 33.1 Å². The predicted molar refractivity (Wildman–Crippen MR) is 115 cm³/mol. The maximum atomic E-state index is 13.0. The number of carbonyl (C=O) groups is 1. The summed E-state index contributed by atoms with van der Waals surface area (Å²) in [6, 6.07) is 9.89. The molecule has 0 aliphatic carbocycles. The number of hydrogen-bond acceptors (Lipinski definition) is 7. The van der Waals surface area contributed by atoms with Crippen molar-refractivity contribution < 1.29 is 18.8 Å². The molecule has 1 heterocycles. The summed E-state index contributed by atoms with van der Waals surface area (Å²) in [6.45, 7) is 6.45. The Morgan fingerprint density at radius 3 is 2.19 bits per heavy atom. The summed E-state index contributed by atoms with van der Waals surface area (Å²) in [4.78, 5) is 13.0. The van der Waals surface area contributed by atoms with Crippen molar-refractivity contribution in [2.24, 2.45) is 0 Å². The molecule has 5 nitrogen and oxygen atoms in total. The van der Waals surface area contributed by atoms with Crippen LogP contribution in [0.3, 0.4) is 0 Å². The predicted octanol–water partition coefficient (Wildman–Crippen LogP) is 3.00. The Morgan fingerprint density at radius 1 is 1.19 bits per heavy atom. The second kappa shape index (κ2) is 9.55. The zero-order valence-corrected chi connectivity index (χ0v) is 19.3. The Morgan fingerprint density at radius 2 is 1.73 bits per heavy atom. The summed E-state index contributed by atoms with van der Waals surface area (Å²) in [5.74, 6) is -1.61.